The van der Waals surface area contributed by atoms with Crippen molar-refractivity contribution in [2.45, 2.75) is 31.5 Å². The monoisotopic (exact) mass is 512 g/mol. The van der Waals surface area contributed by atoms with Crippen LogP contribution < -0.4 is 15.4 Å². The number of anilines is 1. The number of methoxy groups -OCH3 is 1. The van der Waals surface area contributed by atoms with Gasteiger partial charge in [-0.15, -0.1) is 0 Å². The fourth-order valence-corrected chi connectivity index (χ4v) is 4.00. The summed E-state index contributed by atoms with van der Waals surface area (Å²) in [5, 5.41) is 4.95. The first-order chi connectivity index (χ1) is 15.1. The number of hydrogen-bond acceptors (Lipinski definition) is 4. The molecule has 170 valence electrons. The number of rotatable bonds is 5. The van der Waals surface area contributed by atoms with Crippen LogP contribution in [0.3, 0.4) is 0 Å². The first kappa shape index (κ1) is 23.8. The van der Waals surface area contributed by atoms with Crippen LogP contribution in [0.15, 0.2) is 46.9 Å². The topological polar surface area (TPSA) is 84.5 Å². The number of Topliss-reactive ketones (excluding diaryl/α,β-unsaturated/α-hetero) is 2. The Balaban J connectivity index is 1.92. The standard InChI is InChI=1S/C22H20BrF3N2O4/c1-32-18-11-13(23)8-9-15(18)20(19-16(29)6-3-7-17(19)30)28-21(31)27-14-5-2-4-12(10-14)22(24,25)26/h2,4-5,8-11,19-20H,3,6-7H2,1H3,(H2,27,28,31). The normalized spacial score (nSPS) is 15.9. The van der Waals surface area contributed by atoms with Crippen LogP contribution in [0.5, 0.6) is 5.75 Å². The molecule has 2 aromatic carbocycles. The molecule has 1 atom stereocenters. The maximum Gasteiger partial charge on any atom is 0.416 e. The fraction of sp³-hybridized carbons (Fsp3) is 0.318. The molecular weight excluding hydrogens is 493 g/mol. The third-order valence-electron chi connectivity index (χ3n) is 5.14. The van der Waals surface area contributed by atoms with Gasteiger partial charge in [-0.25, -0.2) is 4.79 Å². The van der Waals surface area contributed by atoms with Crippen molar-refractivity contribution < 1.29 is 32.3 Å². The number of nitrogens with one attached hydrogen (secondary N) is 2. The van der Waals surface area contributed by atoms with Gasteiger partial charge in [-0.05, 0) is 36.8 Å². The van der Waals surface area contributed by atoms with Crippen molar-refractivity contribution in [3.8, 4) is 5.75 Å². The van der Waals surface area contributed by atoms with Gasteiger partial charge in [0.1, 0.15) is 23.2 Å². The summed E-state index contributed by atoms with van der Waals surface area (Å²) in [6, 6.07) is 7.18. The number of ether oxygens (including phenoxy) is 1. The van der Waals surface area contributed by atoms with Crippen molar-refractivity contribution in [2.75, 3.05) is 12.4 Å². The molecule has 1 aliphatic carbocycles. The summed E-state index contributed by atoms with van der Waals surface area (Å²) in [6.07, 6.45) is -3.73. The predicted octanol–water partition coefficient (Wildman–Crippen LogP) is 5.28. The average Bonchev–Trinajstić information content (AvgIpc) is 2.72. The number of carbonyl (C=O) groups is 3. The number of alkyl halides is 3. The quantitative estimate of drug-likeness (QED) is 0.534. The van der Waals surface area contributed by atoms with Crippen LogP contribution in [0.4, 0.5) is 23.7 Å². The minimum absolute atomic E-state index is 0.0832. The van der Waals surface area contributed by atoms with E-state index in [4.69, 9.17) is 4.74 Å². The molecule has 0 heterocycles. The Morgan fingerprint density at radius 2 is 1.81 bits per heavy atom. The van der Waals surface area contributed by atoms with E-state index in [-0.39, 0.29) is 30.1 Å². The van der Waals surface area contributed by atoms with Crippen LogP contribution >= 0.6 is 15.9 Å². The van der Waals surface area contributed by atoms with E-state index in [1.165, 1.54) is 19.2 Å². The lowest BCUT2D eigenvalue weighted by atomic mass is 9.79. The van der Waals surface area contributed by atoms with Crippen molar-refractivity contribution >= 4 is 39.2 Å². The largest absolute Gasteiger partial charge is 0.496 e. The second kappa shape index (κ2) is 9.72. The van der Waals surface area contributed by atoms with E-state index < -0.39 is 29.7 Å². The van der Waals surface area contributed by atoms with Crippen molar-refractivity contribution in [2.24, 2.45) is 5.92 Å². The van der Waals surface area contributed by atoms with E-state index in [0.29, 0.717) is 22.2 Å². The molecule has 2 N–H and O–H groups in total. The fourth-order valence-electron chi connectivity index (χ4n) is 3.66. The lowest BCUT2D eigenvalue weighted by Gasteiger charge is -2.30. The Morgan fingerprint density at radius 3 is 2.44 bits per heavy atom. The number of hydrogen-bond donors (Lipinski definition) is 2. The summed E-state index contributed by atoms with van der Waals surface area (Å²) in [4.78, 5) is 37.9. The average molecular weight is 513 g/mol. The van der Waals surface area contributed by atoms with Gasteiger partial charge in [0.25, 0.3) is 0 Å². The molecule has 2 amide bonds. The number of benzene rings is 2. The van der Waals surface area contributed by atoms with E-state index in [2.05, 4.69) is 26.6 Å². The minimum atomic E-state index is -4.57. The molecule has 0 aliphatic heterocycles. The number of carbonyl (C=O) groups excluding carboxylic acids is 3. The SMILES string of the molecule is COc1cc(Br)ccc1C(NC(=O)Nc1cccc(C(F)(F)F)c1)C1C(=O)CCCC1=O. The Bertz CT molecular complexity index is 1030. The Kier molecular flexibility index (Phi) is 7.22. The summed E-state index contributed by atoms with van der Waals surface area (Å²) in [5.41, 5.74) is -0.595. The zero-order valence-electron chi connectivity index (χ0n) is 17.0. The molecule has 1 unspecified atom stereocenters. The Labute approximate surface area is 190 Å². The highest BCUT2D eigenvalue weighted by Gasteiger charge is 2.39. The summed E-state index contributed by atoms with van der Waals surface area (Å²) >= 11 is 3.32. The predicted molar refractivity (Wildman–Crippen MR) is 114 cm³/mol. The number of halogens is 4. The molecule has 1 aliphatic rings. The van der Waals surface area contributed by atoms with Gasteiger partial charge in [0.2, 0.25) is 0 Å². The molecular formula is C22H20BrF3N2O4. The second-order valence-corrected chi connectivity index (χ2v) is 8.22. The third-order valence-corrected chi connectivity index (χ3v) is 5.63. The first-order valence-electron chi connectivity index (χ1n) is 9.74. The van der Waals surface area contributed by atoms with Gasteiger partial charge in [-0.2, -0.15) is 13.2 Å². The van der Waals surface area contributed by atoms with Gasteiger partial charge in [0.05, 0.1) is 18.7 Å². The molecule has 10 heteroatoms. The third kappa shape index (κ3) is 5.48. The highest BCUT2D eigenvalue weighted by molar-refractivity contribution is 9.10. The molecule has 0 spiro atoms. The van der Waals surface area contributed by atoms with Crippen LogP contribution in [0.25, 0.3) is 0 Å². The van der Waals surface area contributed by atoms with Crippen LogP contribution in [-0.2, 0) is 15.8 Å². The van der Waals surface area contributed by atoms with Crippen molar-refractivity contribution in [3.63, 3.8) is 0 Å². The highest BCUT2D eigenvalue weighted by Crippen LogP contribution is 2.36. The number of urea groups is 1. The smallest absolute Gasteiger partial charge is 0.416 e. The summed E-state index contributed by atoms with van der Waals surface area (Å²) < 4.78 is 44.9. The van der Waals surface area contributed by atoms with Gasteiger partial charge in [-0.3, -0.25) is 9.59 Å². The van der Waals surface area contributed by atoms with E-state index >= 15 is 0 Å². The molecule has 6 nitrogen and oxygen atoms in total. The van der Waals surface area contributed by atoms with Gasteiger partial charge >= 0.3 is 12.2 Å². The molecule has 1 fully saturated rings. The zero-order valence-corrected chi connectivity index (χ0v) is 18.5. The lowest BCUT2D eigenvalue weighted by molar-refractivity contribution is -0.138. The maximum absolute atomic E-state index is 13.0. The molecule has 0 bridgehead atoms. The van der Waals surface area contributed by atoms with Crippen molar-refractivity contribution in [1.82, 2.24) is 5.32 Å². The molecule has 2 aromatic rings. The van der Waals surface area contributed by atoms with Gasteiger partial charge in [0.15, 0.2) is 0 Å². The van der Waals surface area contributed by atoms with Crippen molar-refractivity contribution in [3.05, 3.63) is 58.1 Å². The lowest BCUT2D eigenvalue weighted by Crippen LogP contribution is -2.44. The Morgan fingerprint density at radius 1 is 1.12 bits per heavy atom. The molecule has 3 rings (SSSR count). The summed E-state index contributed by atoms with van der Waals surface area (Å²) in [6.45, 7) is 0. The molecule has 0 saturated heterocycles. The van der Waals surface area contributed by atoms with E-state index in [1.807, 2.05) is 0 Å². The number of amides is 2. The maximum atomic E-state index is 13.0. The molecule has 0 aromatic heterocycles. The number of ketones is 2. The molecule has 0 radical (unpaired) electrons. The van der Waals surface area contributed by atoms with E-state index in [9.17, 15) is 27.6 Å². The first-order valence-corrected chi connectivity index (χ1v) is 10.5. The van der Waals surface area contributed by atoms with E-state index in [1.54, 1.807) is 18.2 Å². The minimum Gasteiger partial charge on any atom is -0.496 e. The van der Waals surface area contributed by atoms with Gasteiger partial charge < -0.3 is 15.4 Å². The van der Waals surface area contributed by atoms with Crippen LogP contribution in [0.1, 0.15) is 36.4 Å². The van der Waals surface area contributed by atoms with Gasteiger partial charge in [-0.1, -0.05) is 28.1 Å². The van der Waals surface area contributed by atoms with Crippen LogP contribution in [-0.4, -0.2) is 24.7 Å². The second-order valence-electron chi connectivity index (χ2n) is 7.30. The van der Waals surface area contributed by atoms with Crippen molar-refractivity contribution in [1.29, 1.82) is 0 Å². The zero-order chi connectivity index (χ0) is 23.5. The Hall–Kier alpha value is -2.88. The van der Waals surface area contributed by atoms with Gasteiger partial charge in [0, 0.05) is 28.6 Å². The summed E-state index contributed by atoms with van der Waals surface area (Å²) in [5.74, 6) is -1.40. The molecule has 32 heavy (non-hydrogen) atoms. The summed E-state index contributed by atoms with van der Waals surface area (Å²) in [7, 11) is 1.41. The van der Waals surface area contributed by atoms with E-state index in [0.717, 1.165) is 12.1 Å². The van der Waals surface area contributed by atoms with Crippen LogP contribution in [0.2, 0.25) is 0 Å². The molecule has 1 saturated carbocycles. The van der Waals surface area contributed by atoms with Crippen LogP contribution in [0, 0.1) is 5.92 Å². The highest BCUT2D eigenvalue weighted by atomic mass is 79.9.